The summed E-state index contributed by atoms with van der Waals surface area (Å²) in [5.41, 5.74) is 2.78. The van der Waals surface area contributed by atoms with Crippen molar-refractivity contribution in [3.63, 3.8) is 0 Å². The molecule has 0 amide bonds. The molecule has 7 nitrogen and oxygen atoms in total. The summed E-state index contributed by atoms with van der Waals surface area (Å²) >= 11 is 5.31. The molecule has 4 aromatic rings. The maximum Gasteiger partial charge on any atom is 0.216 e. The summed E-state index contributed by atoms with van der Waals surface area (Å²) in [5.74, 6) is 1.89. The Morgan fingerprint density at radius 3 is 2.63 bits per heavy atom. The summed E-state index contributed by atoms with van der Waals surface area (Å²) in [4.78, 5) is 4.03. The first-order chi connectivity index (χ1) is 14.7. The molecule has 2 aromatic heterocycles. The summed E-state index contributed by atoms with van der Waals surface area (Å²) in [6.45, 7) is 0.462. The SMILES string of the molecule is COc1cc(/C=N/n2c(-c3ccncc3)n[nH]c2=S)ccc1OCc1ccccc1. The third kappa shape index (κ3) is 4.44. The molecule has 1 N–H and O–H groups in total. The number of nitrogens with zero attached hydrogens (tertiary/aromatic N) is 4. The van der Waals surface area contributed by atoms with Crippen LogP contribution in [0.2, 0.25) is 0 Å². The molecule has 0 aliphatic rings. The van der Waals surface area contributed by atoms with Gasteiger partial charge < -0.3 is 9.47 Å². The van der Waals surface area contributed by atoms with Gasteiger partial charge in [-0.05, 0) is 53.7 Å². The van der Waals surface area contributed by atoms with Gasteiger partial charge in [0.25, 0.3) is 0 Å². The van der Waals surface area contributed by atoms with Crippen molar-refractivity contribution < 1.29 is 9.47 Å². The molecule has 2 heterocycles. The second kappa shape index (κ2) is 9.15. The van der Waals surface area contributed by atoms with Crippen LogP contribution in [-0.4, -0.2) is 33.2 Å². The number of H-pyrrole nitrogens is 1. The highest BCUT2D eigenvalue weighted by Crippen LogP contribution is 2.28. The van der Waals surface area contributed by atoms with Crippen molar-refractivity contribution in [2.24, 2.45) is 5.10 Å². The fourth-order valence-corrected chi connectivity index (χ4v) is 3.01. The summed E-state index contributed by atoms with van der Waals surface area (Å²) in [7, 11) is 1.61. The van der Waals surface area contributed by atoms with Crippen LogP contribution in [0.4, 0.5) is 0 Å². The van der Waals surface area contributed by atoms with Gasteiger partial charge >= 0.3 is 0 Å². The van der Waals surface area contributed by atoms with E-state index in [0.29, 0.717) is 28.7 Å². The molecule has 0 bridgehead atoms. The predicted molar refractivity (Wildman–Crippen MR) is 117 cm³/mol. The Kier molecular flexibility index (Phi) is 5.95. The van der Waals surface area contributed by atoms with Crippen molar-refractivity contribution >= 4 is 18.4 Å². The Hall–Kier alpha value is -3.78. The van der Waals surface area contributed by atoms with Crippen LogP contribution in [0, 0.1) is 4.77 Å². The van der Waals surface area contributed by atoms with E-state index in [2.05, 4.69) is 20.3 Å². The van der Waals surface area contributed by atoms with E-state index in [1.165, 1.54) is 0 Å². The van der Waals surface area contributed by atoms with Crippen LogP contribution >= 0.6 is 12.2 Å². The minimum Gasteiger partial charge on any atom is -0.493 e. The molecule has 0 saturated heterocycles. The van der Waals surface area contributed by atoms with Gasteiger partial charge in [0, 0.05) is 18.0 Å². The lowest BCUT2D eigenvalue weighted by molar-refractivity contribution is 0.284. The summed E-state index contributed by atoms with van der Waals surface area (Å²) in [6.07, 6.45) is 5.08. The number of aromatic amines is 1. The molecule has 0 radical (unpaired) electrons. The Bertz CT molecular complexity index is 1200. The van der Waals surface area contributed by atoms with Gasteiger partial charge in [-0.3, -0.25) is 4.98 Å². The van der Waals surface area contributed by atoms with Gasteiger partial charge in [0.05, 0.1) is 13.3 Å². The summed E-state index contributed by atoms with van der Waals surface area (Å²) in [5, 5.41) is 11.5. The third-order valence-corrected chi connectivity index (χ3v) is 4.60. The molecule has 0 spiro atoms. The van der Waals surface area contributed by atoms with Crippen molar-refractivity contribution in [1.29, 1.82) is 0 Å². The monoisotopic (exact) mass is 417 g/mol. The van der Waals surface area contributed by atoms with Crippen LogP contribution in [0.5, 0.6) is 11.5 Å². The first kappa shape index (κ1) is 19.5. The second-order valence-electron chi connectivity index (χ2n) is 6.33. The topological polar surface area (TPSA) is 77.3 Å². The van der Waals surface area contributed by atoms with Crippen molar-refractivity contribution in [3.8, 4) is 22.9 Å². The molecular formula is C22H19N5O2S. The quantitative estimate of drug-likeness (QED) is 0.355. The highest BCUT2D eigenvalue weighted by atomic mass is 32.1. The van der Waals surface area contributed by atoms with Gasteiger partial charge in [-0.2, -0.15) is 14.9 Å². The molecule has 0 aliphatic heterocycles. The molecule has 0 fully saturated rings. The Morgan fingerprint density at radius 1 is 1.07 bits per heavy atom. The number of aromatic nitrogens is 4. The first-order valence-corrected chi connectivity index (χ1v) is 9.62. The smallest absolute Gasteiger partial charge is 0.216 e. The third-order valence-electron chi connectivity index (χ3n) is 4.34. The Morgan fingerprint density at radius 2 is 1.87 bits per heavy atom. The molecule has 0 aliphatic carbocycles. The van der Waals surface area contributed by atoms with E-state index in [4.69, 9.17) is 21.7 Å². The molecule has 150 valence electrons. The fraction of sp³-hybridized carbons (Fsp3) is 0.0909. The zero-order chi connectivity index (χ0) is 20.8. The molecule has 8 heteroatoms. The zero-order valence-corrected chi connectivity index (χ0v) is 17.0. The summed E-state index contributed by atoms with van der Waals surface area (Å²) < 4.78 is 13.4. The standard InChI is InChI=1S/C22H19N5O2S/c1-28-20-13-17(7-8-19(20)29-15-16-5-3-2-4-6-16)14-24-27-21(25-26-22(27)30)18-9-11-23-12-10-18/h2-14H,15H2,1H3,(H,26,30)/b24-14+. The lowest BCUT2D eigenvalue weighted by atomic mass is 10.2. The van der Waals surface area contributed by atoms with Gasteiger partial charge in [-0.15, -0.1) is 0 Å². The predicted octanol–water partition coefficient (Wildman–Crippen LogP) is 4.47. The van der Waals surface area contributed by atoms with E-state index in [1.54, 1.807) is 30.4 Å². The van der Waals surface area contributed by atoms with E-state index in [9.17, 15) is 0 Å². The number of rotatable bonds is 7. The molecule has 0 atom stereocenters. The van der Waals surface area contributed by atoms with Crippen molar-refractivity contribution in [2.45, 2.75) is 6.61 Å². The average molecular weight is 417 g/mol. The number of benzene rings is 2. The summed E-state index contributed by atoms with van der Waals surface area (Å²) in [6, 6.07) is 19.3. The van der Waals surface area contributed by atoms with E-state index < -0.39 is 0 Å². The van der Waals surface area contributed by atoms with Crippen LogP contribution in [0.1, 0.15) is 11.1 Å². The lowest BCUT2D eigenvalue weighted by Crippen LogP contribution is -1.99. The van der Waals surface area contributed by atoms with Gasteiger partial charge in [0.15, 0.2) is 17.3 Å². The van der Waals surface area contributed by atoms with Crippen LogP contribution in [0.15, 0.2) is 78.2 Å². The molecule has 0 unspecified atom stereocenters. The van der Waals surface area contributed by atoms with Crippen LogP contribution < -0.4 is 9.47 Å². The Labute approximate surface area is 178 Å². The molecular weight excluding hydrogens is 398 g/mol. The molecule has 2 aromatic carbocycles. The average Bonchev–Trinajstić information content (AvgIpc) is 3.18. The van der Waals surface area contributed by atoms with E-state index >= 15 is 0 Å². The second-order valence-corrected chi connectivity index (χ2v) is 6.72. The number of nitrogens with one attached hydrogen (secondary N) is 1. The maximum absolute atomic E-state index is 5.90. The largest absolute Gasteiger partial charge is 0.493 e. The normalized spacial score (nSPS) is 11.0. The lowest BCUT2D eigenvalue weighted by Gasteiger charge is -2.11. The number of hydrogen-bond donors (Lipinski definition) is 1. The van der Waals surface area contributed by atoms with E-state index in [0.717, 1.165) is 16.7 Å². The minimum atomic E-state index is 0.396. The highest BCUT2D eigenvalue weighted by molar-refractivity contribution is 7.71. The first-order valence-electron chi connectivity index (χ1n) is 9.21. The zero-order valence-electron chi connectivity index (χ0n) is 16.2. The molecule has 30 heavy (non-hydrogen) atoms. The number of ether oxygens (including phenoxy) is 2. The number of pyridine rings is 1. The number of hydrogen-bond acceptors (Lipinski definition) is 6. The van der Waals surface area contributed by atoms with Gasteiger partial charge in [-0.25, -0.2) is 5.10 Å². The van der Waals surface area contributed by atoms with Crippen molar-refractivity contribution in [2.75, 3.05) is 7.11 Å². The minimum absolute atomic E-state index is 0.396. The maximum atomic E-state index is 5.90. The van der Waals surface area contributed by atoms with Crippen LogP contribution in [-0.2, 0) is 6.61 Å². The van der Waals surface area contributed by atoms with E-state index in [-0.39, 0.29) is 0 Å². The highest BCUT2D eigenvalue weighted by Gasteiger charge is 2.09. The molecule has 4 rings (SSSR count). The van der Waals surface area contributed by atoms with E-state index in [1.807, 2.05) is 60.7 Å². The number of methoxy groups -OCH3 is 1. The van der Waals surface area contributed by atoms with Crippen molar-refractivity contribution in [3.05, 3.63) is 89.0 Å². The van der Waals surface area contributed by atoms with Crippen LogP contribution in [0.3, 0.4) is 0 Å². The van der Waals surface area contributed by atoms with Gasteiger partial charge in [0.1, 0.15) is 6.61 Å². The van der Waals surface area contributed by atoms with Crippen LogP contribution in [0.25, 0.3) is 11.4 Å². The Balaban J connectivity index is 1.55. The van der Waals surface area contributed by atoms with Gasteiger partial charge in [-0.1, -0.05) is 30.3 Å². The van der Waals surface area contributed by atoms with Crippen molar-refractivity contribution in [1.82, 2.24) is 19.9 Å². The molecule has 0 saturated carbocycles. The fourth-order valence-electron chi connectivity index (χ4n) is 2.83. The van der Waals surface area contributed by atoms with Gasteiger partial charge in [0.2, 0.25) is 4.77 Å².